The Balaban J connectivity index is 1.69. The third-order valence-corrected chi connectivity index (χ3v) is 4.57. The third-order valence-electron chi connectivity index (χ3n) is 4.30. The fourth-order valence-electron chi connectivity index (χ4n) is 3.18. The first kappa shape index (κ1) is 17.1. The van der Waals surface area contributed by atoms with Gasteiger partial charge in [-0.3, -0.25) is 0 Å². The van der Waals surface area contributed by atoms with E-state index in [1.165, 1.54) is 6.33 Å². The summed E-state index contributed by atoms with van der Waals surface area (Å²) in [6.45, 7) is 6.56. The van der Waals surface area contributed by atoms with Crippen LogP contribution in [0.5, 0.6) is 5.75 Å². The molecule has 1 amide bonds. The first-order valence-electron chi connectivity index (χ1n) is 8.41. The first-order chi connectivity index (χ1) is 11.6. The van der Waals surface area contributed by atoms with Crippen LogP contribution in [0.25, 0.3) is 0 Å². The number of hydrogen-bond donors (Lipinski definition) is 0. The molecule has 0 unspecified atom stereocenters. The van der Waals surface area contributed by atoms with Gasteiger partial charge in [0.1, 0.15) is 6.33 Å². The first-order valence-corrected chi connectivity index (χ1v) is 8.79. The average molecular weight is 355 g/mol. The number of rotatable bonds is 2. The maximum atomic E-state index is 12.0. The monoisotopic (exact) mass is 354 g/mol. The van der Waals surface area contributed by atoms with Gasteiger partial charge in [0.2, 0.25) is 0 Å². The summed E-state index contributed by atoms with van der Waals surface area (Å²) in [6.07, 6.45) is 3.79. The van der Waals surface area contributed by atoms with Crippen molar-refractivity contribution in [2.24, 2.45) is 0 Å². The number of likely N-dealkylation sites (tertiary alicyclic amines) is 1. The standard InChI is InChI=1S/C16H23ClN4O3/c1-11(2)24-16(22)20-7-4-12(5-8-20)21-6-3-9-23-13-14(17)18-10-19-15(13)21/h10-12H,3-9H2,1-2H3. The largest absolute Gasteiger partial charge is 0.487 e. The van der Waals surface area contributed by atoms with Crippen molar-refractivity contribution in [2.45, 2.75) is 45.3 Å². The van der Waals surface area contributed by atoms with E-state index in [4.69, 9.17) is 21.1 Å². The molecule has 1 aromatic heterocycles. The van der Waals surface area contributed by atoms with Crippen molar-refractivity contribution < 1.29 is 14.3 Å². The number of halogens is 1. The highest BCUT2D eigenvalue weighted by Gasteiger charge is 2.31. The summed E-state index contributed by atoms with van der Waals surface area (Å²) in [6, 6.07) is 0.305. The highest BCUT2D eigenvalue weighted by Crippen LogP contribution is 2.36. The number of carbonyl (C=O) groups excluding carboxylic acids is 1. The molecule has 0 radical (unpaired) electrons. The number of carbonyl (C=O) groups is 1. The van der Waals surface area contributed by atoms with Crippen molar-refractivity contribution in [3.63, 3.8) is 0 Å². The molecule has 3 rings (SSSR count). The zero-order chi connectivity index (χ0) is 17.1. The van der Waals surface area contributed by atoms with Gasteiger partial charge in [-0.2, -0.15) is 0 Å². The van der Waals surface area contributed by atoms with Crippen molar-refractivity contribution >= 4 is 23.5 Å². The SMILES string of the molecule is CC(C)OC(=O)N1CCC(N2CCCOc3c(Cl)ncnc32)CC1. The smallest absolute Gasteiger partial charge is 0.410 e. The predicted octanol–water partition coefficient (Wildman–Crippen LogP) is 2.73. The Morgan fingerprint density at radius 1 is 1.33 bits per heavy atom. The van der Waals surface area contributed by atoms with E-state index in [-0.39, 0.29) is 12.2 Å². The molecule has 24 heavy (non-hydrogen) atoms. The van der Waals surface area contributed by atoms with Gasteiger partial charge in [0.15, 0.2) is 16.7 Å². The summed E-state index contributed by atoms with van der Waals surface area (Å²) >= 11 is 6.16. The van der Waals surface area contributed by atoms with Crippen LogP contribution >= 0.6 is 11.6 Å². The Morgan fingerprint density at radius 3 is 2.79 bits per heavy atom. The zero-order valence-electron chi connectivity index (χ0n) is 14.1. The molecule has 0 spiro atoms. The summed E-state index contributed by atoms with van der Waals surface area (Å²) in [5, 5.41) is 0.352. The van der Waals surface area contributed by atoms with Crippen molar-refractivity contribution in [1.82, 2.24) is 14.9 Å². The van der Waals surface area contributed by atoms with Crippen LogP contribution in [0.4, 0.5) is 10.6 Å². The van der Waals surface area contributed by atoms with Gasteiger partial charge < -0.3 is 19.3 Å². The molecule has 0 aliphatic carbocycles. The second kappa shape index (κ2) is 7.42. The Hall–Kier alpha value is -1.76. The fraction of sp³-hybridized carbons (Fsp3) is 0.688. The van der Waals surface area contributed by atoms with Crippen molar-refractivity contribution in [1.29, 1.82) is 0 Å². The summed E-state index contributed by atoms with van der Waals surface area (Å²) in [5.41, 5.74) is 0. The highest BCUT2D eigenvalue weighted by atomic mass is 35.5. The molecule has 8 heteroatoms. The van der Waals surface area contributed by atoms with Gasteiger partial charge >= 0.3 is 6.09 Å². The van der Waals surface area contributed by atoms with Gasteiger partial charge in [-0.1, -0.05) is 11.6 Å². The Labute approximate surface area is 146 Å². The van der Waals surface area contributed by atoms with Gasteiger partial charge in [-0.15, -0.1) is 0 Å². The summed E-state index contributed by atoms with van der Waals surface area (Å²) in [5.74, 6) is 1.33. The number of anilines is 1. The number of ether oxygens (including phenoxy) is 2. The molecule has 0 atom stereocenters. The van der Waals surface area contributed by atoms with Gasteiger partial charge in [0, 0.05) is 25.7 Å². The van der Waals surface area contributed by atoms with E-state index < -0.39 is 0 Å². The molecule has 0 saturated carbocycles. The van der Waals surface area contributed by atoms with Crippen LogP contribution in [0.15, 0.2) is 6.33 Å². The summed E-state index contributed by atoms with van der Waals surface area (Å²) < 4.78 is 11.0. The third kappa shape index (κ3) is 3.66. The number of amides is 1. The number of hydrogen-bond acceptors (Lipinski definition) is 6. The molecule has 1 saturated heterocycles. The van der Waals surface area contributed by atoms with E-state index >= 15 is 0 Å². The minimum absolute atomic E-state index is 0.0938. The van der Waals surface area contributed by atoms with Crippen LogP contribution in [-0.2, 0) is 4.74 Å². The van der Waals surface area contributed by atoms with E-state index in [0.717, 1.165) is 31.6 Å². The predicted molar refractivity (Wildman–Crippen MR) is 90.7 cm³/mol. The van der Waals surface area contributed by atoms with E-state index in [1.54, 1.807) is 4.90 Å². The lowest BCUT2D eigenvalue weighted by Gasteiger charge is -2.38. The molecule has 1 fully saturated rings. The molecular weight excluding hydrogens is 332 g/mol. The quantitative estimate of drug-likeness (QED) is 0.761. The second-order valence-electron chi connectivity index (χ2n) is 6.36. The van der Waals surface area contributed by atoms with Crippen LogP contribution in [0.2, 0.25) is 5.15 Å². The van der Waals surface area contributed by atoms with E-state index in [9.17, 15) is 4.79 Å². The minimum atomic E-state index is -0.228. The van der Waals surface area contributed by atoms with E-state index in [2.05, 4.69) is 14.9 Å². The highest BCUT2D eigenvalue weighted by molar-refractivity contribution is 6.31. The molecule has 2 aliphatic rings. The summed E-state index contributed by atoms with van der Waals surface area (Å²) in [4.78, 5) is 24.4. The second-order valence-corrected chi connectivity index (χ2v) is 6.72. The lowest BCUT2D eigenvalue weighted by atomic mass is 10.0. The number of aromatic nitrogens is 2. The van der Waals surface area contributed by atoms with Crippen LogP contribution in [0.3, 0.4) is 0 Å². The van der Waals surface area contributed by atoms with Crippen molar-refractivity contribution in [3.05, 3.63) is 11.5 Å². The molecule has 0 bridgehead atoms. The van der Waals surface area contributed by atoms with Crippen LogP contribution < -0.4 is 9.64 Å². The normalized spacial score (nSPS) is 18.8. The molecule has 0 N–H and O–H groups in total. The van der Waals surface area contributed by atoms with Crippen LogP contribution in [-0.4, -0.2) is 59.3 Å². The fourth-order valence-corrected chi connectivity index (χ4v) is 3.36. The van der Waals surface area contributed by atoms with Gasteiger partial charge in [-0.25, -0.2) is 14.8 Å². The zero-order valence-corrected chi connectivity index (χ0v) is 14.8. The molecule has 0 aromatic carbocycles. The molecule has 3 heterocycles. The lowest BCUT2D eigenvalue weighted by Crippen LogP contribution is -2.47. The number of fused-ring (bicyclic) bond motifs is 1. The van der Waals surface area contributed by atoms with E-state index in [0.29, 0.717) is 36.6 Å². The Kier molecular flexibility index (Phi) is 5.28. The Morgan fingerprint density at radius 2 is 2.08 bits per heavy atom. The van der Waals surface area contributed by atoms with Gasteiger partial charge in [-0.05, 0) is 33.1 Å². The topological polar surface area (TPSA) is 67.8 Å². The maximum absolute atomic E-state index is 12.0. The van der Waals surface area contributed by atoms with E-state index in [1.807, 2.05) is 13.8 Å². The molecule has 132 valence electrons. The van der Waals surface area contributed by atoms with Gasteiger partial charge in [0.25, 0.3) is 0 Å². The molecule has 2 aliphatic heterocycles. The number of nitrogens with zero attached hydrogens (tertiary/aromatic N) is 4. The number of piperidine rings is 1. The van der Waals surface area contributed by atoms with Crippen molar-refractivity contribution in [2.75, 3.05) is 31.1 Å². The minimum Gasteiger partial charge on any atom is -0.487 e. The molecule has 7 nitrogen and oxygen atoms in total. The van der Waals surface area contributed by atoms with Crippen molar-refractivity contribution in [3.8, 4) is 5.75 Å². The van der Waals surface area contributed by atoms with Crippen LogP contribution in [0, 0.1) is 0 Å². The summed E-state index contributed by atoms with van der Waals surface area (Å²) in [7, 11) is 0. The van der Waals surface area contributed by atoms with Gasteiger partial charge in [0.05, 0.1) is 12.7 Å². The average Bonchev–Trinajstić information content (AvgIpc) is 2.78. The molecular formula is C16H23ClN4O3. The lowest BCUT2D eigenvalue weighted by molar-refractivity contribution is 0.0690. The Bertz CT molecular complexity index is 591. The maximum Gasteiger partial charge on any atom is 0.410 e. The molecule has 1 aromatic rings. The van der Waals surface area contributed by atoms with Crippen LogP contribution in [0.1, 0.15) is 33.1 Å².